The van der Waals surface area contributed by atoms with Crippen LogP contribution in [0, 0.1) is 0 Å². The molecule has 2 saturated heterocycles. The van der Waals surface area contributed by atoms with Crippen LogP contribution in [0.5, 0.6) is 11.5 Å². The topological polar surface area (TPSA) is 24.9 Å². The van der Waals surface area contributed by atoms with Gasteiger partial charge in [0.1, 0.15) is 24.7 Å². The minimum Gasteiger partial charge on any atom is -0.492 e. The molecule has 0 spiro atoms. The van der Waals surface area contributed by atoms with Crippen LogP contribution in [0.25, 0.3) is 21.9 Å². The second-order valence-corrected chi connectivity index (χ2v) is 11.3. The van der Waals surface area contributed by atoms with Crippen LogP contribution in [0.1, 0.15) is 43.2 Å². The highest BCUT2D eigenvalue weighted by atomic mass is 16.5. The van der Waals surface area contributed by atoms with E-state index >= 15 is 0 Å². The zero-order chi connectivity index (χ0) is 27.0. The van der Waals surface area contributed by atoms with Crippen molar-refractivity contribution in [3.63, 3.8) is 0 Å². The number of nitrogens with zero attached hydrogens (tertiary/aromatic N) is 2. The Morgan fingerprint density at radius 2 is 1.12 bits per heavy atom. The SMILES string of the molecule is c1ccc2c(Cc3ccc(OCCN4CCCCC4)cc3)c(-c3ccc(OCCN4CCCC4)cc3)ccc2c1. The Morgan fingerprint density at radius 3 is 1.77 bits per heavy atom. The number of benzene rings is 4. The first-order valence-corrected chi connectivity index (χ1v) is 15.2. The maximum absolute atomic E-state index is 6.09. The number of piperidine rings is 1. The maximum atomic E-state index is 6.09. The Bertz CT molecular complexity index is 1350. The summed E-state index contributed by atoms with van der Waals surface area (Å²) < 4.78 is 12.2. The van der Waals surface area contributed by atoms with Gasteiger partial charge in [-0.25, -0.2) is 0 Å². The lowest BCUT2D eigenvalue weighted by atomic mass is 9.90. The van der Waals surface area contributed by atoms with E-state index in [1.165, 1.54) is 91.3 Å². The number of likely N-dealkylation sites (tertiary alicyclic amines) is 2. The summed E-state index contributed by atoms with van der Waals surface area (Å²) in [5.74, 6) is 1.90. The van der Waals surface area contributed by atoms with Crippen molar-refractivity contribution in [2.24, 2.45) is 0 Å². The Balaban J connectivity index is 1.14. The quantitative estimate of drug-likeness (QED) is 0.200. The first kappa shape index (κ1) is 26.9. The summed E-state index contributed by atoms with van der Waals surface area (Å²) in [6.45, 7) is 8.38. The molecule has 0 amide bonds. The highest BCUT2D eigenvalue weighted by Crippen LogP contribution is 2.33. The highest BCUT2D eigenvalue weighted by molar-refractivity contribution is 5.92. The molecule has 0 unspecified atom stereocenters. The lowest BCUT2D eigenvalue weighted by Gasteiger charge is -2.26. The van der Waals surface area contributed by atoms with Gasteiger partial charge < -0.3 is 9.47 Å². The number of hydrogen-bond acceptors (Lipinski definition) is 4. The van der Waals surface area contributed by atoms with E-state index in [2.05, 4.69) is 94.7 Å². The average Bonchev–Trinajstić information content (AvgIpc) is 3.53. The van der Waals surface area contributed by atoms with E-state index in [1.54, 1.807) is 0 Å². The van der Waals surface area contributed by atoms with Crippen LogP contribution < -0.4 is 9.47 Å². The first-order valence-electron chi connectivity index (χ1n) is 15.2. The summed E-state index contributed by atoms with van der Waals surface area (Å²) in [6, 6.07) is 30.6. The normalized spacial score (nSPS) is 16.4. The van der Waals surface area contributed by atoms with Crippen LogP contribution in [0.3, 0.4) is 0 Å². The Morgan fingerprint density at radius 1 is 0.550 bits per heavy atom. The van der Waals surface area contributed by atoms with Crippen LogP contribution in [0.2, 0.25) is 0 Å². The molecular formula is C36H42N2O2. The number of hydrogen-bond donors (Lipinski definition) is 0. The molecule has 4 heteroatoms. The van der Waals surface area contributed by atoms with E-state index < -0.39 is 0 Å². The van der Waals surface area contributed by atoms with Gasteiger partial charge in [0.15, 0.2) is 0 Å². The van der Waals surface area contributed by atoms with Crippen molar-refractivity contribution >= 4 is 10.8 Å². The monoisotopic (exact) mass is 534 g/mol. The average molecular weight is 535 g/mol. The highest BCUT2D eigenvalue weighted by Gasteiger charge is 2.13. The van der Waals surface area contributed by atoms with Crippen LogP contribution >= 0.6 is 0 Å². The molecule has 2 fully saturated rings. The van der Waals surface area contributed by atoms with E-state index in [0.29, 0.717) is 0 Å². The van der Waals surface area contributed by atoms with Gasteiger partial charge >= 0.3 is 0 Å². The van der Waals surface area contributed by atoms with Crippen LogP contribution in [0.4, 0.5) is 0 Å². The third-order valence-electron chi connectivity index (χ3n) is 8.51. The summed E-state index contributed by atoms with van der Waals surface area (Å²) in [6.07, 6.45) is 7.52. The molecule has 40 heavy (non-hydrogen) atoms. The van der Waals surface area contributed by atoms with Gasteiger partial charge in [-0.15, -0.1) is 0 Å². The lowest BCUT2D eigenvalue weighted by molar-refractivity contribution is 0.183. The minimum atomic E-state index is 0.749. The molecule has 6 rings (SSSR count). The van der Waals surface area contributed by atoms with Gasteiger partial charge in [0, 0.05) is 13.1 Å². The van der Waals surface area contributed by atoms with Gasteiger partial charge in [-0.1, -0.05) is 67.1 Å². The fourth-order valence-corrected chi connectivity index (χ4v) is 6.21. The summed E-state index contributed by atoms with van der Waals surface area (Å²) in [5.41, 5.74) is 5.16. The van der Waals surface area contributed by atoms with E-state index in [0.717, 1.165) is 44.2 Å². The lowest BCUT2D eigenvalue weighted by Crippen LogP contribution is -2.33. The standard InChI is InChI=1S/C36H42N2O2/c1-4-20-37(21-5-1)24-26-39-32-15-10-29(11-16-32)28-36-34-9-3-2-8-30(34)14-19-35(36)31-12-17-33(18-13-31)40-27-25-38-22-6-7-23-38/h2-3,8-19H,1,4-7,20-28H2. The summed E-state index contributed by atoms with van der Waals surface area (Å²) >= 11 is 0. The second-order valence-electron chi connectivity index (χ2n) is 11.3. The predicted octanol–water partition coefficient (Wildman–Crippen LogP) is 7.44. The van der Waals surface area contributed by atoms with Gasteiger partial charge in [0.25, 0.3) is 0 Å². The van der Waals surface area contributed by atoms with Crippen molar-refractivity contribution in [2.75, 3.05) is 52.5 Å². The van der Waals surface area contributed by atoms with E-state index in [-0.39, 0.29) is 0 Å². The molecule has 0 bridgehead atoms. The summed E-state index contributed by atoms with van der Waals surface area (Å²) in [4.78, 5) is 5.01. The Kier molecular flexibility index (Phi) is 8.96. The second kappa shape index (κ2) is 13.3. The molecule has 2 aliphatic rings. The molecule has 208 valence electrons. The molecule has 4 aromatic rings. The van der Waals surface area contributed by atoms with E-state index in [1.807, 2.05) is 0 Å². The molecule has 0 N–H and O–H groups in total. The largest absolute Gasteiger partial charge is 0.492 e. The van der Waals surface area contributed by atoms with Crippen LogP contribution in [-0.2, 0) is 6.42 Å². The molecule has 0 atom stereocenters. The number of ether oxygens (including phenoxy) is 2. The number of rotatable bonds is 11. The molecule has 0 saturated carbocycles. The minimum absolute atomic E-state index is 0.749. The van der Waals surface area contributed by atoms with Crippen molar-refractivity contribution in [1.82, 2.24) is 9.80 Å². The smallest absolute Gasteiger partial charge is 0.119 e. The molecule has 0 aromatic heterocycles. The zero-order valence-corrected chi connectivity index (χ0v) is 23.7. The Labute approximate surface area is 239 Å². The van der Waals surface area contributed by atoms with Crippen molar-refractivity contribution in [2.45, 2.75) is 38.5 Å². The molecule has 4 aromatic carbocycles. The summed E-state index contributed by atoms with van der Waals surface area (Å²) in [5, 5.41) is 2.59. The first-order chi connectivity index (χ1) is 19.8. The van der Waals surface area contributed by atoms with E-state index in [9.17, 15) is 0 Å². The maximum Gasteiger partial charge on any atom is 0.119 e. The molecular weight excluding hydrogens is 492 g/mol. The third kappa shape index (κ3) is 6.86. The number of fused-ring (bicyclic) bond motifs is 1. The molecule has 2 aliphatic heterocycles. The molecule has 0 aliphatic carbocycles. The van der Waals surface area contributed by atoms with Gasteiger partial charge in [-0.3, -0.25) is 9.80 Å². The molecule has 2 heterocycles. The molecule has 0 radical (unpaired) electrons. The van der Waals surface area contributed by atoms with Crippen LogP contribution in [-0.4, -0.2) is 62.3 Å². The van der Waals surface area contributed by atoms with Gasteiger partial charge in [0.05, 0.1) is 0 Å². The van der Waals surface area contributed by atoms with Crippen molar-refractivity contribution in [3.05, 3.63) is 96.1 Å². The molecule has 4 nitrogen and oxygen atoms in total. The van der Waals surface area contributed by atoms with Gasteiger partial charge in [-0.2, -0.15) is 0 Å². The third-order valence-corrected chi connectivity index (χ3v) is 8.51. The van der Waals surface area contributed by atoms with E-state index in [4.69, 9.17) is 9.47 Å². The predicted molar refractivity (Wildman–Crippen MR) is 166 cm³/mol. The van der Waals surface area contributed by atoms with Crippen molar-refractivity contribution in [1.29, 1.82) is 0 Å². The van der Waals surface area contributed by atoms with Gasteiger partial charge in [0.2, 0.25) is 0 Å². The van der Waals surface area contributed by atoms with Gasteiger partial charge in [-0.05, 0) is 116 Å². The van der Waals surface area contributed by atoms with Crippen molar-refractivity contribution < 1.29 is 9.47 Å². The Hall–Kier alpha value is -3.34. The summed E-state index contributed by atoms with van der Waals surface area (Å²) in [7, 11) is 0. The fraction of sp³-hybridized carbons (Fsp3) is 0.389. The van der Waals surface area contributed by atoms with Crippen molar-refractivity contribution in [3.8, 4) is 22.6 Å². The zero-order valence-electron chi connectivity index (χ0n) is 23.7. The van der Waals surface area contributed by atoms with Crippen LogP contribution in [0.15, 0.2) is 84.9 Å². The fourth-order valence-electron chi connectivity index (χ4n) is 6.21.